The molecule has 6 rings (SSSR count). The van der Waals surface area contributed by atoms with Crippen molar-refractivity contribution < 1.29 is 27.8 Å². The molecule has 3 unspecified atom stereocenters. The molecule has 0 bridgehead atoms. The van der Waals surface area contributed by atoms with E-state index in [2.05, 4.69) is 20.3 Å². The molecule has 1 aliphatic heterocycles. The first-order chi connectivity index (χ1) is 21.5. The molecule has 0 spiro atoms. The van der Waals surface area contributed by atoms with E-state index < -0.39 is 47.5 Å². The molecule has 1 aromatic carbocycles. The molecule has 11 nitrogen and oxygen atoms in total. The van der Waals surface area contributed by atoms with Crippen LogP contribution < -0.4 is 11.0 Å². The lowest BCUT2D eigenvalue weighted by Crippen LogP contribution is -2.41. The van der Waals surface area contributed by atoms with Gasteiger partial charge in [0.2, 0.25) is 0 Å². The quantitative estimate of drug-likeness (QED) is 0.257. The Labute approximate surface area is 261 Å². The maximum absolute atomic E-state index is 15.1. The van der Waals surface area contributed by atoms with Crippen molar-refractivity contribution in [2.75, 3.05) is 13.1 Å². The summed E-state index contributed by atoms with van der Waals surface area (Å²) in [6.07, 6.45) is 1.23. The molecule has 2 amide bonds. The standard InChI is InChI=1S/C31H34F2N6O5S/c1-31(2,3)44-29(41)36-24-19(18-6-4-7-20(32)23(18)33)9-10-22(25-26(24)45-16-35-25)43-30(42)38-14-11-17(12-15-38)39-21-8-5-13-34-27(21)37-28(39)40/h4-8,13,16-17,19,22,24H,9-12,14-15H2,1-3H3,(H,36,41)(H,34,37,40). The number of halogens is 2. The van der Waals surface area contributed by atoms with Gasteiger partial charge in [0.15, 0.2) is 17.3 Å². The van der Waals surface area contributed by atoms with Gasteiger partial charge in [0.25, 0.3) is 0 Å². The molecule has 4 heterocycles. The molecule has 4 aromatic rings. The molecule has 238 valence electrons. The van der Waals surface area contributed by atoms with E-state index >= 15 is 4.39 Å². The monoisotopic (exact) mass is 640 g/mol. The molecule has 3 aromatic heterocycles. The number of likely N-dealkylation sites (tertiary alicyclic amines) is 1. The van der Waals surface area contributed by atoms with Crippen molar-refractivity contribution in [2.45, 2.75) is 76.2 Å². The second-order valence-corrected chi connectivity index (χ2v) is 13.2. The fourth-order valence-electron chi connectivity index (χ4n) is 6.24. The van der Waals surface area contributed by atoms with Crippen LogP contribution in [-0.2, 0) is 9.47 Å². The summed E-state index contributed by atoms with van der Waals surface area (Å²) in [7, 11) is 0. The Balaban J connectivity index is 1.21. The van der Waals surface area contributed by atoms with Gasteiger partial charge in [0, 0.05) is 31.2 Å². The first-order valence-electron chi connectivity index (χ1n) is 14.9. The lowest BCUT2D eigenvalue weighted by atomic mass is 9.87. The van der Waals surface area contributed by atoms with Crippen LogP contribution in [0.2, 0.25) is 0 Å². The summed E-state index contributed by atoms with van der Waals surface area (Å²) in [5.41, 5.74) is 2.37. The number of rotatable bonds is 4. The van der Waals surface area contributed by atoms with Crippen molar-refractivity contribution in [3.63, 3.8) is 0 Å². The number of thiazole rings is 1. The zero-order valence-corrected chi connectivity index (χ0v) is 25.9. The van der Waals surface area contributed by atoms with Gasteiger partial charge < -0.3 is 19.7 Å². The molecular weight excluding hydrogens is 606 g/mol. The Kier molecular flexibility index (Phi) is 8.33. The molecule has 14 heteroatoms. The van der Waals surface area contributed by atoms with Crippen molar-refractivity contribution in [1.29, 1.82) is 0 Å². The minimum Gasteiger partial charge on any atom is -0.444 e. The van der Waals surface area contributed by atoms with Gasteiger partial charge in [-0.25, -0.2) is 33.1 Å². The number of amides is 2. The van der Waals surface area contributed by atoms with E-state index in [0.29, 0.717) is 42.1 Å². The Morgan fingerprint density at radius 1 is 1.07 bits per heavy atom. The number of imidazole rings is 1. The Bertz CT molecular complexity index is 1770. The molecule has 0 saturated carbocycles. The molecule has 2 aliphatic rings. The molecular formula is C31H34F2N6O5S. The zero-order chi connectivity index (χ0) is 31.9. The van der Waals surface area contributed by atoms with Gasteiger partial charge in [-0.05, 0) is 70.2 Å². The number of hydrogen-bond acceptors (Lipinski definition) is 8. The van der Waals surface area contributed by atoms with E-state index in [1.807, 2.05) is 6.07 Å². The van der Waals surface area contributed by atoms with Crippen LogP contribution in [0.25, 0.3) is 11.2 Å². The normalized spacial score (nSPS) is 20.8. The SMILES string of the molecule is CC(C)(C)OC(=O)NC1c2scnc2C(OC(=O)N2CCC(n3c(=O)[nH]c4ncccc43)CC2)CCC1c1cccc(F)c1F. The van der Waals surface area contributed by atoms with Crippen LogP contribution in [0.15, 0.2) is 46.8 Å². The third kappa shape index (κ3) is 6.28. The summed E-state index contributed by atoms with van der Waals surface area (Å²) in [4.78, 5) is 52.7. The largest absolute Gasteiger partial charge is 0.444 e. The minimum absolute atomic E-state index is 0.104. The third-order valence-corrected chi connectivity index (χ3v) is 9.16. The number of piperidine rings is 1. The van der Waals surface area contributed by atoms with E-state index in [1.54, 1.807) is 48.0 Å². The number of aromatic nitrogens is 4. The summed E-state index contributed by atoms with van der Waals surface area (Å²) in [6, 6.07) is 6.68. The van der Waals surface area contributed by atoms with Crippen molar-refractivity contribution in [3.05, 3.63) is 80.3 Å². The lowest BCUT2D eigenvalue weighted by Gasteiger charge is -2.32. The van der Waals surface area contributed by atoms with Crippen LogP contribution in [0.5, 0.6) is 0 Å². The third-order valence-electron chi connectivity index (χ3n) is 8.23. The fraction of sp³-hybridized carbons (Fsp3) is 0.452. The Hall–Kier alpha value is -4.33. The minimum atomic E-state index is -0.993. The first kappa shape index (κ1) is 30.7. The molecule has 0 radical (unpaired) electrons. The van der Waals surface area contributed by atoms with Crippen molar-refractivity contribution >= 4 is 34.7 Å². The second kappa shape index (κ2) is 12.2. The predicted molar refractivity (Wildman–Crippen MR) is 162 cm³/mol. The number of benzene rings is 1. The highest BCUT2D eigenvalue weighted by molar-refractivity contribution is 7.09. The number of H-pyrrole nitrogens is 1. The van der Waals surface area contributed by atoms with Crippen LogP contribution in [0, 0.1) is 11.6 Å². The molecule has 1 saturated heterocycles. The summed E-state index contributed by atoms with van der Waals surface area (Å²) in [5.74, 6) is -2.67. The summed E-state index contributed by atoms with van der Waals surface area (Å²) < 4.78 is 42.7. The highest BCUT2D eigenvalue weighted by Gasteiger charge is 2.40. The predicted octanol–water partition coefficient (Wildman–Crippen LogP) is 6.12. The summed E-state index contributed by atoms with van der Waals surface area (Å²) in [5, 5.41) is 2.86. The number of carbonyl (C=O) groups is 2. The fourth-order valence-corrected chi connectivity index (χ4v) is 7.19. The van der Waals surface area contributed by atoms with Gasteiger partial charge in [-0.3, -0.25) is 9.55 Å². The molecule has 45 heavy (non-hydrogen) atoms. The van der Waals surface area contributed by atoms with Crippen LogP contribution >= 0.6 is 11.3 Å². The van der Waals surface area contributed by atoms with Gasteiger partial charge in [-0.2, -0.15) is 0 Å². The number of alkyl carbamates (subject to hydrolysis) is 1. The molecule has 3 atom stereocenters. The molecule has 1 aliphatic carbocycles. The molecule has 1 fully saturated rings. The average molecular weight is 641 g/mol. The van der Waals surface area contributed by atoms with Crippen molar-refractivity contribution in [1.82, 2.24) is 29.7 Å². The average Bonchev–Trinajstić information content (AvgIpc) is 3.58. The Morgan fingerprint density at radius 3 is 2.60 bits per heavy atom. The van der Waals surface area contributed by atoms with Crippen LogP contribution in [0.4, 0.5) is 18.4 Å². The topological polar surface area (TPSA) is 131 Å². The van der Waals surface area contributed by atoms with Crippen LogP contribution in [0.3, 0.4) is 0 Å². The van der Waals surface area contributed by atoms with Gasteiger partial charge in [-0.15, -0.1) is 11.3 Å². The van der Waals surface area contributed by atoms with Crippen LogP contribution in [0.1, 0.15) is 86.7 Å². The summed E-state index contributed by atoms with van der Waals surface area (Å²) >= 11 is 1.24. The maximum Gasteiger partial charge on any atom is 0.410 e. The van der Waals surface area contributed by atoms with Crippen molar-refractivity contribution in [3.8, 4) is 0 Å². The van der Waals surface area contributed by atoms with Gasteiger partial charge in [0.1, 0.15) is 11.7 Å². The van der Waals surface area contributed by atoms with E-state index in [9.17, 15) is 18.8 Å². The number of hydrogen-bond donors (Lipinski definition) is 2. The van der Waals surface area contributed by atoms with E-state index in [1.165, 1.54) is 23.5 Å². The summed E-state index contributed by atoms with van der Waals surface area (Å²) in [6.45, 7) is 5.94. The second-order valence-electron chi connectivity index (χ2n) is 12.3. The highest BCUT2D eigenvalue weighted by atomic mass is 32.1. The van der Waals surface area contributed by atoms with E-state index in [-0.39, 0.29) is 30.1 Å². The van der Waals surface area contributed by atoms with Crippen molar-refractivity contribution in [2.24, 2.45) is 0 Å². The number of pyridine rings is 1. The van der Waals surface area contributed by atoms with E-state index in [4.69, 9.17) is 9.47 Å². The van der Waals surface area contributed by atoms with Crippen LogP contribution in [-0.4, -0.2) is 55.3 Å². The maximum atomic E-state index is 15.1. The number of aromatic amines is 1. The van der Waals surface area contributed by atoms with Gasteiger partial charge in [0.05, 0.1) is 27.6 Å². The van der Waals surface area contributed by atoms with Gasteiger partial charge >= 0.3 is 17.9 Å². The first-order valence-corrected chi connectivity index (χ1v) is 15.8. The highest BCUT2D eigenvalue weighted by Crippen LogP contribution is 2.46. The smallest absolute Gasteiger partial charge is 0.410 e. The number of carbonyl (C=O) groups excluding carboxylic acids is 2. The number of nitrogens with zero attached hydrogens (tertiary/aromatic N) is 4. The molecule has 2 N–H and O–H groups in total. The Morgan fingerprint density at radius 2 is 1.84 bits per heavy atom. The lowest BCUT2D eigenvalue weighted by molar-refractivity contribution is 0.0474. The van der Waals surface area contributed by atoms with Gasteiger partial charge in [-0.1, -0.05) is 12.1 Å². The number of nitrogens with one attached hydrogen (secondary N) is 2. The zero-order valence-electron chi connectivity index (χ0n) is 25.1. The van der Waals surface area contributed by atoms with E-state index in [0.717, 1.165) is 11.6 Å². The number of ether oxygens (including phenoxy) is 2. The number of fused-ring (bicyclic) bond motifs is 2.